The van der Waals surface area contributed by atoms with Crippen molar-refractivity contribution in [2.75, 3.05) is 0 Å². The Morgan fingerprint density at radius 3 is 2.56 bits per heavy atom. The van der Waals surface area contributed by atoms with Crippen molar-refractivity contribution in [3.63, 3.8) is 0 Å². The highest BCUT2D eigenvalue weighted by molar-refractivity contribution is 9.10. The van der Waals surface area contributed by atoms with Gasteiger partial charge in [-0.2, -0.15) is 9.61 Å². The third kappa shape index (κ3) is 3.81. The van der Waals surface area contributed by atoms with Gasteiger partial charge >= 0.3 is 5.69 Å². The molecular weight excluding hydrogens is 448 g/mol. The zero-order chi connectivity index (χ0) is 19.0. The number of rotatable bonds is 4. The number of nitrogens with one attached hydrogen (secondary N) is 1. The van der Waals surface area contributed by atoms with Crippen LogP contribution in [-0.2, 0) is 5.75 Å². The topological polar surface area (TPSA) is 63.1 Å². The van der Waals surface area contributed by atoms with Gasteiger partial charge in [-0.15, -0.1) is 0 Å². The smallest absolute Gasteiger partial charge is 0.285 e. The predicted octanol–water partition coefficient (Wildman–Crippen LogP) is 5.10. The molecule has 0 unspecified atom stereocenters. The molecule has 27 heavy (non-hydrogen) atoms. The number of hydrogen-bond donors (Lipinski definition) is 1. The minimum atomic E-state index is -0.304. The van der Waals surface area contributed by atoms with Gasteiger partial charge in [-0.05, 0) is 42.3 Å². The molecule has 0 saturated heterocycles. The molecule has 8 heteroatoms. The number of hydrogen-bond acceptors (Lipinski definition) is 4. The minimum Gasteiger partial charge on any atom is -0.285 e. The van der Waals surface area contributed by atoms with E-state index < -0.39 is 0 Å². The van der Waals surface area contributed by atoms with Crippen LogP contribution < -0.4 is 5.69 Å². The number of aromatic nitrogens is 4. The summed E-state index contributed by atoms with van der Waals surface area (Å²) in [7, 11) is 0. The van der Waals surface area contributed by atoms with Gasteiger partial charge < -0.3 is 0 Å². The van der Waals surface area contributed by atoms with Gasteiger partial charge in [0.1, 0.15) is 0 Å². The first-order valence-electron chi connectivity index (χ1n) is 8.14. The summed E-state index contributed by atoms with van der Waals surface area (Å²) >= 11 is 10.9. The predicted molar refractivity (Wildman–Crippen MR) is 112 cm³/mol. The first-order chi connectivity index (χ1) is 13.0. The maximum absolute atomic E-state index is 12.5. The van der Waals surface area contributed by atoms with Gasteiger partial charge in [-0.3, -0.25) is 4.98 Å². The van der Waals surface area contributed by atoms with Crippen molar-refractivity contribution in [2.24, 2.45) is 0 Å². The monoisotopic (exact) mass is 460 g/mol. The van der Waals surface area contributed by atoms with E-state index in [9.17, 15) is 4.79 Å². The van der Waals surface area contributed by atoms with Gasteiger partial charge in [0.2, 0.25) is 0 Å². The molecule has 0 aliphatic carbocycles. The van der Waals surface area contributed by atoms with E-state index in [1.165, 1.54) is 16.3 Å². The molecule has 0 aliphatic heterocycles. The highest BCUT2D eigenvalue weighted by atomic mass is 79.9. The van der Waals surface area contributed by atoms with Crippen molar-refractivity contribution in [3.05, 3.63) is 79.8 Å². The maximum atomic E-state index is 12.5. The Balaban J connectivity index is 1.73. The SMILES string of the molecule is Cc1nn2c(=O)[nH]c(SCc3ccc(Br)cc3)nc2c1-c1ccc(Cl)cc1. The van der Waals surface area contributed by atoms with Gasteiger partial charge in [0.15, 0.2) is 10.8 Å². The molecule has 136 valence electrons. The Labute approximate surface area is 172 Å². The van der Waals surface area contributed by atoms with Gasteiger partial charge in [0, 0.05) is 20.8 Å². The van der Waals surface area contributed by atoms with Crippen LogP contribution in [-0.4, -0.2) is 19.6 Å². The van der Waals surface area contributed by atoms with Crippen LogP contribution in [0, 0.1) is 6.92 Å². The molecule has 1 N–H and O–H groups in total. The Morgan fingerprint density at radius 1 is 1.15 bits per heavy atom. The normalized spacial score (nSPS) is 11.2. The van der Waals surface area contributed by atoms with E-state index in [2.05, 4.69) is 31.0 Å². The van der Waals surface area contributed by atoms with Gasteiger partial charge in [-0.25, -0.2) is 9.78 Å². The summed E-state index contributed by atoms with van der Waals surface area (Å²) < 4.78 is 2.34. The lowest BCUT2D eigenvalue weighted by atomic mass is 10.1. The van der Waals surface area contributed by atoms with Gasteiger partial charge in [0.05, 0.1) is 5.69 Å². The molecule has 0 radical (unpaired) electrons. The van der Waals surface area contributed by atoms with Crippen molar-refractivity contribution in [2.45, 2.75) is 17.8 Å². The number of H-pyrrole nitrogens is 1. The second-order valence-corrected chi connectivity index (χ2v) is 8.28. The van der Waals surface area contributed by atoms with Crippen LogP contribution in [0.2, 0.25) is 5.02 Å². The molecule has 0 saturated carbocycles. The fraction of sp³-hybridized carbons (Fsp3) is 0.105. The Hall–Kier alpha value is -2.09. The lowest BCUT2D eigenvalue weighted by molar-refractivity contribution is 0.780. The molecule has 0 amide bonds. The standard InChI is InChI=1S/C19H14BrClN4OS/c1-11-16(13-4-8-15(21)9-5-13)17-22-18(23-19(26)25(17)24-11)27-10-12-2-6-14(20)7-3-12/h2-9H,10H2,1H3,(H,22,23,26). The van der Waals surface area contributed by atoms with Crippen LogP contribution in [0.5, 0.6) is 0 Å². The van der Waals surface area contributed by atoms with Crippen LogP contribution in [0.15, 0.2) is 63.0 Å². The molecular formula is C19H14BrClN4OS. The Bertz CT molecular complexity index is 1170. The second kappa shape index (κ2) is 7.50. The first-order valence-corrected chi connectivity index (χ1v) is 10.3. The molecule has 2 aromatic carbocycles. The molecule has 0 atom stereocenters. The lowest BCUT2D eigenvalue weighted by Crippen LogP contribution is -2.19. The zero-order valence-corrected chi connectivity index (χ0v) is 17.4. The highest BCUT2D eigenvalue weighted by Gasteiger charge is 2.16. The molecule has 4 rings (SSSR count). The number of benzene rings is 2. The zero-order valence-electron chi connectivity index (χ0n) is 14.2. The molecule has 2 aromatic heterocycles. The number of aryl methyl sites for hydroxylation is 1. The summed E-state index contributed by atoms with van der Waals surface area (Å²) in [6.45, 7) is 1.87. The Morgan fingerprint density at radius 2 is 1.85 bits per heavy atom. The summed E-state index contributed by atoms with van der Waals surface area (Å²) in [5, 5.41) is 5.56. The van der Waals surface area contributed by atoms with Crippen molar-refractivity contribution < 1.29 is 0 Å². The van der Waals surface area contributed by atoms with E-state index in [1.807, 2.05) is 55.5 Å². The second-order valence-electron chi connectivity index (χ2n) is 5.96. The van der Waals surface area contributed by atoms with Crippen molar-refractivity contribution in [1.29, 1.82) is 0 Å². The van der Waals surface area contributed by atoms with E-state index in [0.29, 0.717) is 21.6 Å². The third-order valence-electron chi connectivity index (χ3n) is 4.07. The summed E-state index contributed by atoms with van der Waals surface area (Å²) in [5.74, 6) is 0.704. The lowest BCUT2D eigenvalue weighted by Gasteiger charge is -2.04. The van der Waals surface area contributed by atoms with Gasteiger partial charge in [-0.1, -0.05) is 63.6 Å². The molecule has 5 nitrogen and oxygen atoms in total. The Kier molecular flexibility index (Phi) is 5.08. The average molecular weight is 462 g/mol. The number of aromatic amines is 1. The quantitative estimate of drug-likeness (QED) is 0.429. The molecule has 4 aromatic rings. The highest BCUT2D eigenvalue weighted by Crippen LogP contribution is 2.29. The number of fused-ring (bicyclic) bond motifs is 1. The molecule has 0 bridgehead atoms. The van der Waals surface area contributed by atoms with E-state index in [4.69, 9.17) is 11.6 Å². The average Bonchev–Trinajstić information content (AvgIpc) is 2.99. The largest absolute Gasteiger partial charge is 0.350 e. The molecule has 0 aliphatic rings. The number of nitrogens with zero attached hydrogens (tertiary/aromatic N) is 3. The van der Waals surface area contributed by atoms with Crippen LogP contribution in [0.25, 0.3) is 16.8 Å². The van der Waals surface area contributed by atoms with Crippen LogP contribution in [0.3, 0.4) is 0 Å². The van der Waals surface area contributed by atoms with Crippen molar-refractivity contribution in [1.82, 2.24) is 19.6 Å². The maximum Gasteiger partial charge on any atom is 0.350 e. The first kappa shape index (κ1) is 18.3. The van der Waals surface area contributed by atoms with Crippen LogP contribution in [0.1, 0.15) is 11.3 Å². The summed E-state index contributed by atoms with van der Waals surface area (Å²) in [4.78, 5) is 19.9. The summed E-state index contributed by atoms with van der Waals surface area (Å²) in [6, 6.07) is 15.5. The van der Waals surface area contributed by atoms with Crippen LogP contribution >= 0.6 is 39.3 Å². The van der Waals surface area contributed by atoms with Crippen LogP contribution in [0.4, 0.5) is 0 Å². The van der Waals surface area contributed by atoms with E-state index in [-0.39, 0.29) is 5.69 Å². The molecule has 0 fully saturated rings. The van der Waals surface area contributed by atoms with Gasteiger partial charge in [0.25, 0.3) is 0 Å². The minimum absolute atomic E-state index is 0.304. The van der Waals surface area contributed by atoms with E-state index in [0.717, 1.165) is 26.9 Å². The summed E-state index contributed by atoms with van der Waals surface area (Å²) in [5.41, 5.74) is 3.88. The summed E-state index contributed by atoms with van der Waals surface area (Å²) in [6.07, 6.45) is 0. The van der Waals surface area contributed by atoms with E-state index >= 15 is 0 Å². The fourth-order valence-electron chi connectivity index (χ4n) is 2.78. The van der Waals surface area contributed by atoms with Crippen molar-refractivity contribution in [3.8, 4) is 11.1 Å². The van der Waals surface area contributed by atoms with E-state index in [1.54, 1.807) is 0 Å². The molecule has 2 heterocycles. The number of halogens is 2. The number of thioether (sulfide) groups is 1. The molecule has 0 spiro atoms. The van der Waals surface area contributed by atoms with Crippen molar-refractivity contribution >= 4 is 44.9 Å². The fourth-order valence-corrected chi connectivity index (χ4v) is 3.98. The third-order valence-corrected chi connectivity index (χ3v) is 5.80.